The maximum absolute atomic E-state index is 12.9. The van der Waals surface area contributed by atoms with E-state index >= 15 is 0 Å². The molecule has 0 unspecified atom stereocenters. The van der Waals surface area contributed by atoms with Crippen molar-refractivity contribution in [2.45, 2.75) is 25.2 Å². The number of hydrogen-bond donors (Lipinski definition) is 1. The molecule has 0 saturated heterocycles. The third-order valence-corrected chi connectivity index (χ3v) is 6.51. The molecule has 2 amide bonds. The van der Waals surface area contributed by atoms with E-state index in [2.05, 4.69) is 15.5 Å². The number of thiazole rings is 1. The van der Waals surface area contributed by atoms with Gasteiger partial charge in [0.2, 0.25) is 5.91 Å². The SMILES string of the molecule is Cc1nc(NC(=O)C2(c3cc(-c4cccs4)on3)CC2)sc1C(=O)N(C)C. The zero-order valence-corrected chi connectivity index (χ0v) is 16.7. The van der Waals surface area contributed by atoms with E-state index < -0.39 is 5.41 Å². The summed E-state index contributed by atoms with van der Waals surface area (Å²) < 4.78 is 5.43. The predicted molar refractivity (Wildman–Crippen MR) is 104 cm³/mol. The van der Waals surface area contributed by atoms with Gasteiger partial charge in [0.15, 0.2) is 10.9 Å². The average Bonchev–Trinajstić information content (AvgIpc) is 3.02. The molecule has 0 aromatic carbocycles. The van der Waals surface area contributed by atoms with Crippen LogP contribution in [-0.2, 0) is 10.2 Å². The van der Waals surface area contributed by atoms with Crippen molar-refractivity contribution in [2.75, 3.05) is 19.4 Å². The molecule has 3 aromatic heterocycles. The van der Waals surface area contributed by atoms with Crippen LogP contribution in [0.15, 0.2) is 28.1 Å². The number of hydrogen-bond acceptors (Lipinski definition) is 7. The molecule has 1 aliphatic rings. The van der Waals surface area contributed by atoms with Crippen LogP contribution in [0.25, 0.3) is 10.6 Å². The standard InChI is InChI=1S/C18H18N4O3S2/c1-10-14(15(23)22(2)3)27-17(19-10)20-16(24)18(6-7-18)13-9-11(25-21-13)12-5-4-8-26-12/h4-5,8-9H,6-7H2,1-3H3,(H,19,20,24). The van der Waals surface area contributed by atoms with Crippen molar-refractivity contribution in [1.82, 2.24) is 15.0 Å². The van der Waals surface area contributed by atoms with E-state index in [1.807, 2.05) is 23.6 Å². The summed E-state index contributed by atoms with van der Waals surface area (Å²) in [5.41, 5.74) is 0.575. The van der Waals surface area contributed by atoms with Crippen LogP contribution >= 0.6 is 22.7 Å². The lowest BCUT2D eigenvalue weighted by molar-refractivity contribution is -0.118. The number of rotatable bonds is 5. The predicted octanol–water partition coefficient (Wildman–Crippen LogP) is 3.54. The first kappa shape index (κ1) is 17.9. The molecule has 0 spiro atoms. The van der Waals surface area contributed by atoms with Gasteiger partial charge in [0.05, 0.1) is 21.7 Å². The second-order valence-corrected chi connectivity index (χ2v) is 8.67. The smallest absolute Gasteiger partial charge is 0.265 e. The molecule has 0 radical (unpaired) electrons. The van der Waals surface area contributed by atoms with E-state index in [-0.39, 0.29) is 11.8 Å². The third-order valence-electron chi connectivity index (χ3n) is 4.57. The fourth-order valence-corrected chi connectivity index (χ4v) is 4.48. The molecule has 0 aliphatic heterocycles. The molecule has 1 aliphatic carbocycles. The molecule has 140 valence electrons. The summed E-state index contributed by atoms with van der Waals surface area (Å²) in [7, 11) is 3.38. The minimum Gasteiger partial charge on any atom is -0.355 e. The van der Waals surface area contributed by atoms with Gasteiger partial charge in [-0.1, -0.05) is 22.6 Å². The summed E-state index contributed by atoms with van der Waals surface area (Å²) in [4.78, 5) is 32.4. The number of amides is 2. The third kappa shape index (κ3) is 3.17. The fourth-order valence-electron chi connectivity index (χ4n) is 2.83. The molecular formula is C18H18N4O3S2. The molecule has 7 nitrogen and oxygen atoms in total. The quantitative estimate of drug-likeness (QED) is 0.705. The first-order valence-electron chi connectivity index (χ1n) is 8.42. The molecule has 1 saturated carbocycles. The maximum Gasteiger partial charge on any atom is 0.265 e. The molecule has 9 heteroatoms. The molecule has 0 bridgehead atoms. The molecule has 3 heterocycles. The Hall–Kier alpha value is -2.52. The van der Waals surface area contributed by atoms with Crippen molar-refractivity contribution in [3.63, 3.8) is 0 Å². The van der Waals surface area contributed by atoms with Gasteiger partial charge in [-0.3, -0.25) is 9.59 Å². The first-order chi connectivity index (χ1) is 12.9. The van der Waals surface area contributed by atoms with Gasteiger partial charge in [0, 0.05) is 20.2 Å². The highest BCUT2D eigenvalue weighted by atomic mass is 32.1. The van der Waals surface area contributed by atoms with Crippen LogP contribution in [0.5, 0.6) is 0 Å². The van der Waals surface area contributed by atoms with Gasteiger partial charge in [-0.05, 0) is 31.2 Å². The molecule has 3 aromatic rings. The zero-order chi connectivity index (χ0) is 19.2. The van der Waals surface area contributed by atoms with Crippen molar-refractivity contribution < 1.29 is 14.1 Å². The Morgan fingerprint density at radius 3 is 2.74 bits per heavy atom. The number of nitrogens with zero attached hydrogens (tertiary/aromatic N) is 3. The van der Waals surface area contributed by atoms with E-state index in [0.717, 1.165) is 4.88 Å². The number of nitrogens with one attached hydrogen (secondary N) is 1. The minimum atomic E-state index is -0.676. The highest BCUT2D eigenvalue weighted by Gasteiger charge is 2.54. The van der Waals surface area contributed by atoms with Crippen molar-refractivity contribution in [3.8, 4) is 10.6 Å². The van der Waals surface area contributed by atoms with Crippen LogP contribution < -0.4 is 5.32 Å². The fraction of sp³-hybridized carbons (Fsp3) is 0.333. The Balaban J connectivity index is 1.53. The van der Waals surface area contributed by atoms with E-state index in [9.17, 15) is 9.59 Å². The second kappa shape index (κ2) is 6.58. The summed E-state index contributed by atoms with van der Waals surface area (Å²) in [5, 5.41) is 9.39. The van der Waals surface area contributed by atoms with Gasteiger partial charge in [0.25, 0.3) is 5.91 Å². The summed E-state index contributed by atoms with van der Waals surface area (Å²) in [5.74, 6) is 0.387. The molecule has 0 atom stereocenters. The zero-order valence-electron chi connectivity index (χ0n) is 15.1. The number of thiophene rings is 1. The topological polar surface area (TPSA) is 88.3 Å². The Labute approximate surface area is 164 Å². The second-order valence-electron chi connectivity index (χ2n) is 6.72. The lowest BCUT2D eigenvalue weighted by atomic mass is 10.0. The molecule has 4 rings (SSSR count). The summed E-state index contributed by atoms with van der Waals surface area (Å²) in [6, 6.07) is 5.74. The van der Waals surface area contributed by atoms with E-state index in [0.29, 0.717) is 40.0 Å². The molecule has 1 fully saturated rings. The van der Waals surface area contributed by atoms with Gasteiger partial charge in [0.1, 0.15) is 4.88 Å². The Morgan fingerprint density at radius 1 is 1.33 bits per heavy atom. The van der Waals surface area contributed by atoms with Crippen LogP contribution in [0.4, 0.5) is 5.13 Å². The van der Waals surface area contributed by atoms with E-state index in [1.54, 1.807) is 32.4 Å². The molecular weight excluding hydrogens is 384 g/mol. The van der Waals surface area contributed by atoms with Crippen LogP contribution in [-0.4, -0.2) is 41.0 Å². The average molecular weight is 403 g/mol. The summed E-state index contributed by atoms with van der Waals surface area (Å²) in [6.07, 6.45) is 1.42. The van der Waals surface area contributed by atoms with E-state index in [1.165, 1.54) is 16.2 Å². The lowest BCUT2D eigenvalue weighted by Gasteiger charge is -2.10. The first-order valence-corrected chi connectivity index (χ1v) is 10.1. The largest absolute Gasteiger partial charge is 0.355 e. The molecule has 1 N–H and O–H groups in total. The normalized spacial score (nSPS) is 14.8. The number of aryl methyl sites for hydroxylation is 1. The number of carbonyl (C=O) groups is 2. The monoisotopic (exact) mass is 402 g/mol. The number of aromatic nitrogens is 2. The summed E-state index contributed by atoms with van der Waals surface area (Å²) in [6.45, 7) is 1.76. The van der Waals surface area contributed by atoms with Crippen molar-refractivity contribution in [1.29, 1.82) is 0 Å². The summed E-state index contributed by atoms with van der Waals surface area (Å²) >= 11 is 2.75. The number of carbonyl (C=O) groups excluding carboxylic acids is 2. The lowest BCUT2D eigenvalue weighted by Crippen LogP contribution is -2.28. The maximum atomic E-state index is 12.9. The molecule has 27 heavy (non-hydrogen) atoms. The highest BCUT2D eigenvalue weighted by molar-refractivity contribution is 7.17. The Kier molecular flexibility index (Phi) is 4.35. The van der Waals surface area contributed by atoms with Crippen LogP contribution in [0, 0.1) is 6.92 Å². The Morgan fingerprint density at radius 2 is 2.11 bits per heavy atom. The van der Waals surface area contributed by atoms with Gasteiger partial charge in [-0.15, -0.1) is 11.3 Å². The van der Waals surface area contributed by atoms with Gasteiger partial charge >= 0.3 is 0 Å². The Bertz CT molecular complexity index is 1000. The minimum absolute atomic E-state index is 0.122. The van der Waals surface area contributed by atoms with Gasteiger partial charge in [-0.2, -0.15) is 0 Å². The van der Waals surface area contributed by atoms with Crippen LogP contribution in [0.2, 0.25) is 0 Å². The van der Waals surface area contributed by atoms with Crippen molar-refractivity contribution in [2.24, 2.45) is 0 Å². The van der Waals surface area contributed by atoms with Gasteiger partial charge in [-0.25, -0.2) is 4.98 Å². The number of anilines is 1. The van der Waals surface area contributed by atoms with Crippen LogP contribution in [0.3, 0.4) is 0 Å². The van der Waals surface area contributed by atoms with Crippen molar-refractivity contribution >= 4 is 39.6 Å². The highest BCUT2D eigenvalue weighted by Crippen LogP contribution is 2.49. The van der Waals surface area contributed by atoms with E-state index in [4.69, 9.17) is 4.52 Å². The van der Waals surface area contributed by atoms with Crippen LogP contribution in [0.1, 0.15) is 33.9 Å². The van der Waals surface area contributed by atoms with Crippen molar-refractivity contribution in [3.05, 3.63) is 39.8 Å². The van der Waals surface area contributed by atoms with Gasteiger partial charge < -0.3 is 14.7 Å².